The molecule has 0 saturated heterocycles. The monoisotopic (exact) mass is 460 g/mol. The quantitative estimate of drug-likeness (QED) is 0.382. The lowest BCUT2D eigenvalue weighted by atomic mass is 10.0. The Kier molecular flexibility index (Phi) is 8.25. The summed E-state index contributed by atoms with van der Waals surface area (Å²) >= 11 is 6.11. The fraction of sp³-hybridized carbons (Fsp3) is 0.333. The van der Waals surface area contributed by atoms with Crippen molar-refractivity contribution in [1.82, 2.24) is 4.90 Å². The van der Waals surface area contributed by atoms with Crippen molar-refractivity contribution in [3.05, 3.63) is 64.6 Å². The van der Waals surface area contributed by atoms with Gasteiger partial charge in [0.15, 0.2) is 0 Å². The Hall–Kier alpha value is -2.90. The second-order valence-electron chi connectivity index (χ2n) is 7.31. The lowest BCUT2D eigenvalue weighted by molar-refractivity contribution is -0.137. The molecule has 0 fully saturated rings. The van der Waals surface area contributed by atoms with E-state index in [4.69, 9.17) is 21.1 Å². The van der Waals surface area contributed by atoms with Crippen LogP contribution in [0.5, 0.6) is 5.75 Å². The Morgan fingerprint density at radius 1 is 1.03 bits per heavy atom. The molecule has 32 heavy (non-hydrogen) atoms. The predicted molar refractivity (Wildman–Crippen MR) is 122 cm³/mol. The zero-order valence-electron chi connectivity index (χ0n) is 18.1. The number of carbonyl (C=O) groups excluding carboxylic acids is 2. The summed E-state index contributed by atoms with van der Waals surface area (Å²) in [4.78, 5) is 27.6. The molecule has 6 nitrogen and oxygen atoms in total. The molecule has 0 aromatic heterocycles. The van der Waals surface area contributed by atoms with Crippen LogP contribution in [0.25, 0.3) is 5.57 Å². The number of anilines is 1. The van der Waals surface area contributed by atoms with Crippen LogP contribution in [-0.2, 0) is 14.3 Å². The maximum atomic E-state index is 13.5. The number of nitrogens with zero attached hydrogens (tertiary/aromatic N) is 1. The molecule has 1 N–H and O–H groups in total. The summed E-state index contributed by atoms with van der Waals surface area (Å²) in [5, 5.41) is 3.47. The van der Waals surface area contributed by atoms with Gasteiger partial charge in [0.2, 0.25) is 0 Å². The normalized spacial score (nSPS) is 13.8. The standard InChI is InChI=1S/C24H26ClFN2O4/c1-3-4-13-32-14-5-12-28-23(29)21(16-6-9-18(26)10-7-16)22(24(28)30)27-19-15-17(25)8-11-20(19)31-2/h6-11,15,27H,3-5,12-14H2,1-2H3. The fourth-order valence-electron chi connectivity index (χ4n) is 3.37. The number of nitrogens with one attached hydrogen (secondary N) is 1. The van der Waals surface area contributed by atoms with E-state index in [2.05, 4.69) is 12.2 Å². The van der Waals surface area contributed by atoms with Crippen molar-refractivity contribution >= 4 is 34.7 Å². The van der Waals surface area contributed by atoms with Crippen molar-refractivity contribution < 1.29 is 23.5 Å². The number of unbranched alkanes of at least 4 members (excludes halogenated alkanes) is 1. The van der Waals surface area contributed by atoms with Crippen molar-refractivity contribution in [1.29, 1.82) is 0 Å². The van der Waals surface area contributed by atoms with Gasteiger partial charge >= 0.3 is 0 Å². The molecule has 2 amide bonds. The molecule has 0 aliphatic carbocycles. The van der Waals surface area contributed by atoms with E-state index in [0.29, 0.717) is 41.7 Å². The van der Waals surface area contributed by atoms with Crippen molar-refractivity contribution in [2.45, 2.75) is 26.2 Å². The van der Waals surface area contributed by atoms with Gasteiger partial charge in [0.05, 0.1) is 18.4 Å². The van der Waals surface area contributed by atoms with Crippen LogP contribution in [0.2, 0.25) is 5.02 Å². The number of carbonyl (C=O) groups is 2. The van der Waals surface area contributed by atoms with Crippen LogP contribution in [0.3, 0.4) is 0 Å². The van der Waals surface area contributed by atoms with Gasteiger partial charge in [0.25, 0.3) is 11.8 Å². The number of amides is 2. The summed E-state index contributed by atoms with van der Waals surface area (Å²) in [5.74, 6) is -0.884. The van der Waals surface area contributed by atoms with Crippen molar-refractivity contribution in [3.63, 3.8) is 0 Å². The van der Waals surface area contributed by atoms with Gasteiger partial charge in [0.1, 0.15) is 17.3 Å². The summed E-state index contributed by atoms with van der Waals surface area (Å²) in [6.45, 7) is 3.40. The third-order valence-corrected chi connectivity index (χ3v) is 5.27. The molecule has 1 aliphatic heterocycles. The number of ether oxygens (including phenoxy) is 2. The number of halogens is 2. The van der Waals surface area contributed by atoms with Crippen LogP contribution in [0.1, 0.15) is 31.7 Å². The molecule has 0 unspecified atom stereocenters. The molecular formula is C24H26ClFN2O4. The molecule has 0 spiro atoms. The van der Waals surface area contributed by atoms with Crippen molar-refractivity contribution in [2.75, 3.05) is 32.2 Å². The van der Waals surface area contributed by atoms with Gasteiger partial charge in [-0.1, -0.05) is 37.1 Å². The zero-order valence-corrected chi connectivity index (χ0v) is 18.9. The molecule has 8 heteroatoms. The van der Waals surface area contributed by atoms with E-state index >= 15 is 0 Å². The Balaban J connectivity index is 1.88. The molecular weight excluding hydrogens is 435 g/mol. The zero-order chi connectivity index (χ0) is 23.1. The van der Waals surface area contributed by atoms with Crippen LogP contribution in [0, 0.1) is 5.82 Å². The number of rotatable bonds is 11. The average Bonchev–Trinajstić information content (AvgIpc) is 3.01. The molecule has 0 atom stereocenters. The van der Waals surface area contributed by atoms with Crippen LogP contribution >= 0.6 is 11.6 Å². The third-order valence-electron chi connectivity index (χ3n) is 5.03. The third kappa shape index (κ3) is 5.47. The Morgan fingerprint density at radius 3 is 2.44 bits per heavy atom. The van der Waals surface area contributed by atoms with Gasteiger partial charge in [-0.3, -0.25) is 14.5 Å². The highest BCUT2D eigenvalue weighted by Crippen LogP contribution is 2.34. The number of hydrogen-bond donors (Lipinski definition) is 1. The van der Waals surface area contributed by atoms with E-state index in [9.17, 15) is 14.0 Å². The highest BCUT2D eigenvalue weighted by molar-refractivity contribution is 6.36. The first-order chi connectivity index (χ1) is 15.5. The first kappa shape index (κ1) is 23.8. The second-order valence-corrected chi connectivity index (χ2v) is 7.74. The Bertz CT molecular complexity index is 1010. The summed E-state index contributed by atoms with van der Waals surface area (Å²) in [5.41, 5.74) is 1.15. The topological polar surface area (TPSA) is 67.9 Å². The first-order valence-electron chi connectivity index (χ1n) is 10.5. The number of benzene rings is 2. The molecule has 0 saturated carbocycles. The SMILES string of the molecule is CCCCOCCCN1C(=O)C(Nc2cc(Cl)ccc2OC)=C(c2ccc(F)cc2)C1=O. The van der Waals surface area contributed by atoms with E-state index in [-0.39, 0.29) is 17.8 Å². The van der Waals surface area contributed by atoms with Crippen molar-refractivity contribution in [3.8, 4) is 5.75 Å². The second kappa shape index (κ2) is 11.1. The lowest BCUT2D eigenvalue weighted by Crippen LogP contribution is -2.34. The molecule has 2 aromatic rings. The molecule has 1 heterocycles. The summed E-state index contributed by atoms with van der Waals surface area (Å²) < 4.78 is 24.4. The van der Waals surface area contributed by atoms with Gasteiger partial charge in [-0.2, -0.15) is 0 Å². The van der Waals surface area contributed by atoms with E-state index in [1.54, 1.807) is 18.2 Å². The summed E-state index contributed by atoms with van der Waals surface area (Å²) in [7, 11) is 1.50. The largest absolute Gasteiger partial charge is 0.495 e. The number of imide groups is 1. The van der Waals surface area contributed by atoms with Crippen LogP contribution in [0.4, 0.5) is 10.1 Å². The fourth-order valence-corrected chi connectivity index (χ4v) is 3.54. The smallest absolute Gasteiger partial charge is 0.278 e. The molecule has 170 valence electrons. The van der Waals surface area contributed by atoms with Crippen molar-refractivity contribution in [2.24, 2.45) is 0 Å². The first-order valence-corrected chi connectivity index (χ1v) is 10.9. The highest BCUT2D eigenvalue weighted by Gasteiger charge is 2.39. The highest BCUT2D eigenvalue weighted by atomic mass is 35.5. The van der Waals surface area contributed by atoms with E-state index < -0.39 is 17.6 Å². The molecule has 0 radical (unpaired) electrons. The van der Waals surface area contributed by atoms with E-state index in [1.165, 1.54) is 36.3 Å². The van der Waals surface area contributed by atoms with Gasteiger partial charge in [-0.05, 0) is 48.7 Å². The minimum Gasteiger partial charge on any atom is -0.495 e. The van der Waals surface area contributed by atoms with E-state index in [0.717, 1.165) is 12.8 Å². The van der Waals surface area contributed by atoms with Crippen LogP contribution < -0.4 is 10.1 Å². The van der Waals surface area contributed by atoms with Crippen LogP contribution in [-0.4, -0.2) is 43.6 Å². The Morgan fingerprint density at radius 2 is 1.75 bits per heavy atom. The number of hydrogen-bond acceptors (Lipinski definition) is 5. The molecule has 1 aliphatic rings. The molecule has 0 bridgehead atoms. The Labute approximate surface area is 192 Å². The number of methoxy groups -OCH3 is 1. The minimum atomic E-state index is -0.468. The summed E-state index contributed by atoms with van der Waals surface area (Å²) in [6, 6.07) is 10.4. The van der Waals surface area contributed by atoms with Gasteiger partial charge in [0, 0.05) is 24.8 Å². The summed E-state index contributed by atoms with van der Waals surface area (Å²) in [6.07, 6.45) is 2.52. The van der Waals surface area contributed by atoms with Crippen LogP contribution in [0.15, 0.2) is 48.2 Å². The van der Waals surface area contributed by atoms with E-state index in [1.807, 2.05) is 0 Å². The maximum absolute atomic E-state index is 13.5. The average molecular weight is 461 g/mol. The van der Waals surface area contributed by atoms with Gasteiger partial charge in [-0.25, -0.2) is 4.39 Å². The van der Waals surface area contributed by atoms with Gasteiger partial charge in [-0.15, -0.1) is 0 Å². The van der Waals surface area contributed by atoms with Gasteiger partial charge < -0.3 is 14.8 Å². The molecule has 3 rings (SSSR count). The predicted octanol–water partition coefficient (Wildman–Crippen LogP) is 4.89. The maximum Gasteiger partial charge on any atom is 0.278 e. The minimum absolute atomic E-state index is 0.0917. The lowest BCUT2D eigenvalue weighted by Gasteiger charge is -2.16. The molecule has 2 aromatic carbocycles.